The molecule has 4 bridgehead atoms. The van der Waals surface area contributed by atoms with E-state index >= 15 is 0 Å². The molecule has 0 amide bonds. The molecule has 0 aromatic carbocycles. The zero-order valence-electron chi connectivity index (χ0n) is 8.20. The van der Waals surface area contributed by atoms with Gasteiger partial charge in [-0.2, -0.15) is 0 Å². The van der Waals surface area contributed by atoms with Crippen LogP contribution in [0.15, 0.2) is 0 Å². The Hall–Kier alpha value is -0.0800. The molecule has 0 radical (unpaired) electrons. The highest BCUT2D eigenvalue weighted by atomic mass is 16.5. The number of aliphatic hydroxyl groups is 1. The molecule has 2 heteroatoms. The highest BCUT2D eigenvalue weighted by molar-refractivity contribution is 5.03. The summed E-state index contributed by atoms with van der Waals surface area (Å²) in [4.78, 5) is 0. The topological polar surface area (TPSA) is 29.5 Å². The Labute approximate surface area is 79.3 Å². The molecule has 2 saturated heterocycles. The fraction of sp³-hybridized carbons (Fsp3) is 1.00. The molecule has 4 rings (SSSR count). The average Bonchev–Trinajstić information content (AvgIpc) is 2.13. The van der Waals surface area contributed by atoms with Crippen LogP contribution in [0.4, 0.5) is 0 Å². The van der Waals surface area contributed by atoms with E-state index in [4.69, 9.17) is 4.74 Å². The van der Waals surface area contributed by atoms with Crippen molar-refractivity contribution < 1.29 is 9.84 Å². The lowest BCUT2D eigenvalue weighted by Gasteiger charge is -2.58. The smallest absolute Gasteiger partial charge is 0.0921 e. The third kappa shape index (κ3) is 1.02. The van der Waals surface area contributed by atoms with E-state index in [1.807, 2.05) is 0 Å². The second-order valence-electron chi connectivity index (χ2n) is 5.36. The van der Waals surface area contributed by atoms with E-state index in [1.165, 1.54) is 12.8 Å². The predicted octanol–water partition coefficient (Wildman–Crippen LogP) is 1.57. The Bertz CT molecular complexity index is 210. The molecule has 5 unspecified atom stereocenters. The van der Waals surface area contributed by atoms with Crippen LogP contribution in [0.3, 0.4) is 0 Å². The monoisotopic (exact) mass is 182 g/mol. The molecule has 4 fully saturated rings. The molecule has 0 aromatic heterocycles. The summed E-state index contributed by atoms with van der Waals surface area (Å²) in [6.07, 6.45) is 5.32. The third-order valence-corrected chi connectivity index (χ3v) is 4.52. The average molecular weight is 182 g/mol. The molecule has 2 heterocycles. The molecule has 0 aromatic rings. The first-order valence-corrected chi connectivity index (χ1v) is 5.51. The van der Waals surface area contributed by atoms with Crippen molar-refractivity contribution in [2.75, 3.05) is 6.61 Å². The van der Waals surface area contributed by atoms with Crippen LogP contribution in [0.1, 0.15) is 32.6 Å². The summed E-state index contributed by atoms with van der Waals surface area (Å²) in [5.74, 6) is 2.41. The van der Waals surface area contributed by atoms with Crippen molar-refractivity contribution in [3.8, 4) is 0 Å². The Morgan fingerprint density at radius 2 is 2.23 bits per heavy atom. The minimum absolute atomic E-state index is 0.122. The van der Waals surface area contributed by atoms with Crippen molar-refractivity contribution in [2.24, 2.45) is 17.8 Å². The summed E-state index contributed by atoms with van der Waals surface area (Å²) < 4.78 is 6.02. The van der Waals surface area contributed by atoms with Gasteiger partial charge >= 0.3 is 0 Å². The van der Waals surface area contributed by atoms with Crippen molar-refractivity contribution in [1.29, 1.82) is 0 Å². The Kier molecular flexibility index (Phi) is 1.58. The lowest BCUT2D eigenvalue weighted by atomic mass is 9.58. The summed E-state index contributed by atoms with van der Waals surface area (Å²) in [5.41, 5.74) is -0.122. The maximum atomic E-state index is 9.39. The van der Waals surface area contributed by atoms with E-state index in [-0.39, 0.29) is 12.2 Å². The maximum absolute atomic E-state index is 9.39. The van der Waals surface area contributed by atoms with Crippen molar-refractivity contribution >= 4 is 0 Å². The summed E-state index contributed by atoms with van der Waals surface area (Å²) in [6, 6.07) is 0. The Morgan fingerprint density at radius 1 is 1.38 bits per heavy atom. The van der Waals surface area contributed by atoms with Crippen molar-refractivity contribution in [1.82, 2.24) is 0 Å². The number of rotatable bonds is 1. The van der Waals surface area contributed by atoms with Gasteiger partial charge in [0.15, 0.2) is 0 Å². The van der Waals surface area contributed by atoms with Gasteiger partial charge in [0.25, 0.3) is 0 Å². The Morgan fingerprint density at radius 3 is 2.92 bits per heavy atom. The van der Waals surface area contributed by atoms with Gasteiger partial charge in [0.1, 0.15) is 0 Å². The summed E-state index contributed by atoms with van der Waals surface area (Å²) in [6.45, 7) is 2.56. The van der Waals surface area contributed by atoms with Crippen LogP contribution in [-0.4, -0.2) is 23.4 Å². The van der Waals surface area contributed by atoms with Crippen molar-refractivity contribution in [2.45, 2.75) is 44.3 Å². The van der Waals surface area contributed by atoms with E-state index in [9.17, 15) is 5.11 Å². The standard InChI is InChI=1S/C11H18O2/c1-7-9-2-8-3-10(7)13-11(4-8,5-9)6-12/h7-10,12H,2-6H2,1H3. The van der Waals surface area contributed by atoms with Crippen molar-refractivity contribution in [3.63, 3.8) is 0 Å². The van der Waals surface area contributed by atoms with Gasteiger partial charge in [-0.05, 0) is 43.4 Å². The lowest BCUT2D eigenvalue weighted by Crippen LogP contribution is -2.59. The van der Waals surface area contributed by atoms with Gasteiger partial charge in [0.05, 0.1) is 18.3 Å². The van der Waals surface area contributed by atoms with E-state index in [0.29, 0.717) is 6.10 Å². The summed E-state index contributed by atoms with van der Waals surface area (Å²) in [7, 11) is 0. The first-order valence-electron chi connectivity index (χ1n) is 5.51. The minimum atomic E-state index is -0.122. The van der Waals surface area contributed by atoms with Crippen LogP contribution in [-0.2, 0) is 4.74 Å². The van der Waals surface area contributed by atoms with Crippen LogP contribution < -0.4 is 0 Å². The minimum Gasteiger partial charge on any atom is -0.393 e. The van der Waals surface area contributed by atoms with Gasteiger partial charge in [-0.3, -0.25) is 0 Å². The third-order valence-electron chi connectivity index (χ3n) is 4.52. The van der Waals surface area contributed by atoms with Gasteiger partial charge in [0.2, 0.25) is 0 Å². The van der Waals surface area contributed by atoms with Crippen LogP contribution in [0.2, 0.25) is 0 Å². The molecular formula is C11H18O2. The maximum Gasteiger partial charge on any atom is 0.0921 e. The Balaban J connectivity index is 1.92. The zero-order valence-corrected chi connectivity index (χ0v) is 8.20. The molecule has 2 aliphatic carbocycles. The van der Waals surface area contributed by atoms with E-state index in [0.717, 1.165) is 30.6 Å². The first-order chi connectivity index (χ1) is 6.22. The van der Waals surface area contributed by atoms with E-state index in [1.54, 1.807) is 0 Å². The molecule has 13 heavy (non-hydrogen) atoms. The van der Waals surface area contributed by atoms with E-state index in [2.05, 4.69) is 6.92 Å². The number of hydrogen-bond donors (Lipinski definition) is 1. The number of ether oxygens (including phenoxy) is 1. The van der Waals surface area contributed by atoms with Gasteiger partial charge < -0.3 is 9.84 Å². The lowest BCUT2D eigenvalue weighted by molar-refractivity contribution is -0.254. The van der Waals surface area contributed by atoms with Gasteiger partial charge in [0, 0.05) is 0 Å². The van der Waals surface area contributed by atoms with Crippen LogP contribution in [0, 0.1) is 17.8 Å². The van der Waals surface area contributed by atoms with E-state index < -0.39 is 0 Å². The van der Waals surface area contributed by atoms with Gasteiger partial charge in [-0.15, -0.1) is 0 Å². The molecule has 2 saturated carbocycles. The molecule has 0 spiro atoms. The normalized spacial score (nSPS) is 58.6. The largest absolute Gasteiger partial charge is 0.393 e. The van der Waals surface area contributed by atoms with Crippen LogP contribution in [0.25, 0.3) is 0 Å². The number of aliphatic hydroxyl groups excluding tert-OH is 1. The quantitative estimate of drug-likeness (QED) is 0.667. The number of hydrogen-bond acceptors (Lipinski definition) is 2. The molecule has 2 aliphatic heterocycles. The fourth-order valence-electron chi connectivity index (χ4n) is 3.85. The highest BCUT2D eigenvalue weighted by Gasteiger charge is 2.54. The molecule has 5 atom stereocenters. The zero-order chi connectivity index (χ0) is 9.05. The SMILES string of the molecule is CC1C2CC3CC1OC(CO)(C3)C2. The molecule has 2 nitrogen and oxygen atoms in total. The predicted molar refractivity (Wildman–Crippen MR) is 49.3 cm³/mol. The molecular weight excluding hydrogens is 164 g/mol. The van der Waals surface area contributed by atoms with Crippen LogP contribution >= 0.6 is 0 Å². The molecule has 74 valence electrons. The first kappa shape index (κ1) is 8.25. The van der Waals surface area contributed by atoms with Crippen molar-refractivity contribution in [3.05, 3.63) is 0 Å². The summed E-state index contributed by atoms with van der Waals surface area (Å²) in [5, 5.41) is 9.39. The second kappa shape index (κ2) is 2.48. The molecule has 1 N–H and O–H groups in total. The second-order valence-corrected chi connectivity index (χ2v) is 5.36. The summed E-state index contributed by atoms with van der Waals surface area (Å²) >= 11 is 0. The van der Waals surface area contributed by atoms with Gasteiger partial charge in [-0.25, -0.2) is 0 Å². The van der Waals surface area contributed by atoms with Crippen LogP contribution in [0.5, 0.6) is 0 Å². The highest BCUT2D eigenvalue weighted by Crippen LogP contribution is 2.55. The van der Waals surface area contributed by atoms with Gasteiger partial charge in [-0.1, -0.05) is 6.92 Å². The molecule has 4 aliphatic rings. The fourth-order valence-corrected chi connectivity index (χ4v) is 3.85.